The average Bonchev–Trinajstić information content (AvgIpc) is 2.43. The van der Waals surface area contributed by atoms with Gasteiger partial charge in [0.2, 0.25) is 0 Å². The minimum atomic E-state index is -1.04. The number of benzene rings is 1. The molecule has 0 fully saturated rings. The van der Waals surface area contributed by atoms with Crippen molar-refractivity contribution in [3.63, 3.8) is 0 Å². The maximum absolute atomic E-state index is 12.3. The van der Waals surface area contributed by atoms with E-state index in [0.717, 1.165) is 0 Å². The van der Waals surface area contributed by atoms with Crippen LogP contribution in [0, 0.1) is 5.92 Å². The molecule has 1 aromatic heterocycles. The molecule has 5 nitrogen and oxygen atoms in total. The molecule has 1 heterocycles. The maximum atomic E-state index is 12.3. The van der Waals surface area contributed by atoms with Crippen molar-refractivity contribution in [2.24, 2.45) is 5.92 Å². The van der Waals surface area contributed by atoms with E-state index in [0.29, 0.717) is 16.5 Å². The summed E-state index contributed by atoms with van der Waals surface area (Å²) in [7, 11) is 0. The maximum Gasteiger partial charge on any atom is 0.326 e. The number of aliphatic carboxylic acids is 1. The molecule has 0 spiro atoms. The summed E-state index contributed by atoms with van der Waals surface area (Å²) in [5, 5.41) is 12.4. The van der Waals surface area contributed by atoms with Crippen LogP contribution in [0.4, 0.5) is 0 Å². The molecule has 0 saturated carbocycles. The van der Waals surface area contributed by atoms with Gasteiger partial charge in [0.05, 0.1) is 11.1 Å². The molecule has 0 aliphatic carbocycles. The van der Waals surface area contributed by atoms with E-state index in [9.17, 15) is 9.59 Å². The van der Waals surface area contributed by atoms with Crippen LogP contribution in [0.5, 0.6) is 0 Å². The zero-order valence-electron chi connectivity index (χ0n) is 11.3. The third-order valence-electron chi connectivity index (χ3n) is 3.11. The summed E-state index contributed by atoms with van der Waals surface area (Å²) >= 11 is 0. The number of aromatic nitrogens is 1. The van der Waals surface area contributed by atoms with E-state index in [4.69, 9.17) is 5.11 Å². The van der Waals surface area contributed by atoms with E-state index in [1.807, 2.05) is 18.2 Å². The van der Waals surface area contributed by atoms with Crippen molar-refractivity contribution in [3.05, 3.63) is 42.1 Å². The molecule has 2 rings (SSSR count). The number of hydrogen-bond acceptors (Lipinski definition) is 3. The van der Waals surface area contributed by atoms with Gasteiger partial charge in [-0.05, 0) is 18.1 Å². The molecular weight excluding hydrogens is 256 g/mol. The Balaban J connectivity index is 2.34. The van der Waals surface area contributed by atoms with Crippen molar-refractivity contribution in [2.45, 2.75) is 19.9 Å². The van der Waals surface area contributed by atoms with Gasteiger partial charge in [-0.3, -0.25) is 9.78 Å². The molecule has 20 heavy (non-hydrogen) atoms. The summed E-state index contributed by atoms with van der Waals surface area (Å²) < 4.78 is 0. The highest BCUT2D eigenvalue weighted by Gasteiger charge is 2.24. The van der Waals surface area contributed by atoms with Crippen molar-refractivity contribution in [1.29, 1.82) is 0 Å². The second kappa shape index (κ2) is 5.69. The minimum absolute atomic E-state index is 0.190. The van der Waals surface area contributed by atoms with Crippen molar-refractivity contribution >= 4 is 22.8 Å². The molecule has 1 unspecified atom stereocenters. The third-order valence-corrected chi connectivity index (χ3v) is 3.11. The van der Waals surface area contributed by atoms with Crippen molar-refractivity contribution in [2.75, 3.05) is 0 Å². The van der Waals surface area contributed by atoms with Crippen LogP contribution < -0.4 is 5.32 Å². The molecule has 5 heteroatoms. The Hall–Kier alpha value is -2.43. The number of carboxylic acid groups (broad SMARTS) is 1. The fourth-order valence-corrected chi connectivity index (χ4v) is 2.03. The number of carbonyl (C=O) groups is 2. The van der Waals surface area contributed by atoms with E-state index in [-0.39, 0.29) is 5.92 Å². The third kappa shape index (κ3) is 2.77. The predicted octanol–water partition coefficient (Wildman–Crippen LogP) is 2.07. The molecule has 0 radical (unpaired) electrons. The van der Waals surface area contributed by atoms with Crippen LogP contribution >= 0.6 is 0 Å². The van der Waals surface area contributed by atoms with E-state index < -0.39 is 17.9 Å². The summed E-state index contributed by atoms with van der Waals surface area (Å²) in [6, 6.07) is 7.94. The van der Waals surface area contributed by atoms with Crippen LogP contribution in [0.1, 0.15) is 24.2 Å². The monoisotopic (exact) mass is 272 g/mol. The van der Waals surface area contributed by atoms with Crippen LogP contribution in [0.15, 0.2) is 36.5 Å². The van der Waals surface area contributed by atoms with Gasteiger partial charge in [-0.1, -0.05) is 32.0 Å². The van der Waals surface area contributed by atoms with Gasteiger partial charge < -0.3 is 10.4 Å². The quantitative estimate of drug-likeness (QED) is 0.893. The summed E-state index contributed by atoms with van der Waals surface area (Å²) in [4.78, 5) is 27.6. The molecule has 1 aromatic carbocycles. The number of pyridine rings is 1. The molecule has 0 bridgehead atoms. The van der Waals surface area contributed by atoms with Gasteiger partial charge in [0.15, 0.2) is 0 Å². The normalized spacial score (nSPS) is 12.3. The average molecular weight is 272 g/mol. The number of rotatable bonds is 4. The zero-order valence-corrected chi connectivity index (χ0v) is 11.3. The molecule has 104 valence electrons. The Morgan fingerprint density at radius 3 is 2.55 bits per heavy atom. The number of hydrogen-bond donors (Lipinski definition) is 2. The number of nitrogens with zero attached hydrogens (tertiary/aromatic N) is 1. The first-order chi connectivity index (χ1) is 9.50. The lowest BCUT2D eigenvalue weighted by atomic mass is 10.0. The van der Waals surface area contributed by atoms with Crippen LogP contribution in [0.25, 0.3) is 10.9 Å². The molecule has 0 aliphatic rings. The van der Waals surface area contributed by atoms with Gasteiger partial charge in [0.25, 0.3) is 5.91 Å². The number of para-hydroxylation sites is 1. The highest BCUT2D eigenvalue weighted by Crippen LogP contribution is 2.16. The van der Waals surface area contributed by atoms with Crippen LogP contribution in [-0.2, 0) is 4.79 Å². The van der Waals surface area contributed by atoms with Gasteiger partial charge in [-0.15, -0.1) is 0 Å². The standard InChI is InChI=1S/C15H16N2O3/c1-9(2)13(15(19)20)17-14(18)11-7-8-16-12-6-4-3-5-10(11)12/h3-9,13H,1-2H3,(H,17,18)(H,19,20). The summed E-state index contributed by atoms with van der Waals surface area (Å²) in [5.74, 6) is -1.62. The second-order valence-electron chi connectivity index (χ2n) is 4.91. The lowest BCUT2D eigenvalue weighted by Crippen LogP contribution is -2.44. The van der Waals surface area contributed by atoms with Crippen LogP contribution in [0.2, 0.25) is 0 Å². The Morgan fingerprint density at radius 2 is 1.90 bits per heavy atom. The number of amides is 1. The first-order valence-electron chi connectivity index (χ1n) is 6.38. The topological polar surface area (TPSA) is 79.3 Å². The van der Waals surface area contributed by atoms with Gasteiger partial charge >= 0.3 is 5.97 Å². The predicted molar refractivity (Wildman–Crippen MR) is 75.5 cm³/mol. The fraction of sp³-hybridized carbons (Fsp3) is 0.267. The van der Waals surface area contributed by atoms with E-state index >= 15 is 0 Å². The lowest BCUT2D eigenvalue weighted by molar-refractivity contribution is -0.140. The van der Waals surface area contributed by atoms with Crippen molar-refractivity contribution in [3.8, 4) is 0 Å². The summed E-state index contributed by atoms with van der Waals surface area (Å²) in [5.41, 5.74) is 1.14. The number of nitrogens with one attached hydrogen (secondary N) is 1. The second-order valence-corrected chi connectivity index (χ2v) is 4.91. The molecule has 0 saturated heterocycles. The fourth-order valence-electron chi connectivity index (χ4n) is 2.03. The van der Waals surface area contributed by atoms with Gasteiger partial charge in [-0.25, -0.2) is 4.79 Å². The lowest BCUT2D eigenvalue weighted by Gasteiger charge is -2.18. The Bertz CT molecular complexity index is 647. The summed E-state index contributed by atoms with van der Waals surface area (Å²) in [6.07, 6.45) is 1.54. The van der Waals surface area contributed by atoms with Gasteiger partial charge in [0.1, 0.15) is 6.04 Å². The Kier molecular flexibility index (Phi) is 3.98. The van der Waals surface area contributed by atoms with Crippen LogP contribution in [0.3, 0.4) is 0 Å². The Labute approximate surface area is 116 Å². The molecule has 0 aliphatic heterocycles. The van der Waals surface area contributed by atoms with Crippen molar-refractivity contribution < 1.29 is 14.7 Å². The van der Waals surface area contributed by atoms with Gasteiger partial charge in [0, 0.05) is 11.6 Å². The van der Waals surface area contributed by atoms with E-state index in [1.165, 1.54) is 0 Å². The smallest absolute Gasteiger partial charge is 0.326 e. The molecular formula is C15H16N2O3. The molecule has 1 amide bonds. The molecule has 2 aromatic rings. The minimum Gasteiger partial charge on any atom is -0.480 e. The van der Waals surface area contributed by atoms with Gasteiger partial charge in [-0.2, -0.15) is 0 Å². The van der Waals surface area contributed by atoms with Crippen molar-refractivity contribution in [1.82, 2.24) is 10.3 Å². The SMILES string of the molecule is CC(C)C(NC(=O)c1ccnc2ccccc12)C(=O)O. The van der Waals surface area contributed by atoms with E-state index in [1.54, 1.807) is 32.2 Å². The molecule has 1 atom stereocenters. The highest BCUT2D eigenvalue weighted by molar-refractivity contribution is 6.06. The largest absolute Gasteiger partial charge is 0.480 e. The summed E-state index contributed by atoms with van der Waals surface area (Å²) in [6.45, 7) is 3.51. The van der Waals surface area contributed by atoms with E-state index in [2.05, 4.69) is 10.3 Å². The first-order valence-corrected chi connectivity index (χ1v) is 6.38. The number of fused-ring (bicyclic) bond motifs is 1. The van der Waals surface area contributed by atoms with Crippen LogP contribution in [-0.4, -0.2) is 28.0 Å². The number of carbonyl (C=O) groups excluding carboxylic acids is 1. The first kappa shape index (κ1) is 14.0. The Morgan fingerprint density at radius 1 is 1.20 bits per heavy atom. The zero-order chi connectivity index (χ0) is 14.7. The molecule has 2 N–H and O–H groups in total. The highest BCUT2D eigenvalue weighted by atomic mass is 16.4. The number of carboxylic acids is 1.